The molecule has 1 aromatic heterocycles. The lowest BCUT2D eigenvalue weighted by Crippen LogP contribution is -2.36. The lowest BCUT2D eigenvalue weighted by Gasteiger charge is -2.21. The van der Waals surface area contributed by atoms with Crippen LogP contribution in [0.15, 0.2) is 46.4 Å². The smallest absolute Gasteiger partial charge is 0.243 e. The second-order valence-electron chi connectivity index (χ2n) is 6.48. The van der Waals surface area contributed by atoms with Gasteiger partial charge in [-0.3, -0.25) is 9.67 Å². The minimum absolute atomic E-state index is 0. The van der Waals surface area contributed by atoms with E-state index < -0.39 is 10.0 Å². The summed E-state index contributed by atoms with van der Waals surface area (Å²) in [6.07, 6.45) is 1.75. The molecule has 0 aliphatic carbocycles. The summed E-state index contributed by atoms with van der Waals surface area (Å²) < 4.78 is 28.2. The van der Waals surface area contributed by atoms with E-state index in [4.69, 9.17) is 0 Å². The fourth-order valence-corrected chi connectivity index (χ4v) is 3.75. The van der Waals surface area contributed by atoms with Crippen LogP contribution in [0.4, 0.5) is 0 Å². The van der Waals surface area contributed by atoms with Gasteiger partial charge in [0.1, 0.15) is 0 Å². The molecule has 1 heterocycles. The number of nitrogens with zero attached hydrogens (tertiary/aromatic N) is 4. The fraction of sp³-hybridized carbons (Fsp3) is 0.444. The predicted molar refractivity (Wildman–Crippen MR) is 122 cm³/mol. The van der Waals surface area contributed by atoms with Crippen LogP contribution in [0.25, 0.3) is 0 Å². The SMILES string of the molecule is CN=C(NCc1ccc(S(=O)(=O)N(C)C(C)C)cc1)NCc1ccnn1C.I. The Morgan fingerprint density at radius 2 is 1.79 bits per heavy atom. The third kappa shape index (κ3) is 6.17. The Kier molecular flexibility index (Phi) is 9.37. The minimum atomic E-state index is -3.46. The van der Waals surface area contributed by atoms with Crippen molar-refractivity contribution in [3.05, 3.63) is 47.8 Å². The Labute approximate surface area is 184 Å². The largest absolute Gasteiger partial charge is 0.352 e. The molecule has 0 bridgehead atoms. The summed E-state index contributed by atoms with van der Waals surface area (Å²) in [6, 6.07) is 8.73. The fourth-order valence-electron chi connectivity index (χ4n) is 2.38. The van der Waals surface area contributed by atoms with E-state index in [-0.39, 0.29) is 30.0 Å². The van der Waals surface area contributed by atoms with Crippen LogP contribution >= 0.6 is 24.0 Å². The Morgan fingerprint density at radius 1 is 1.18 bits per heavy atom. The monoisotopic (exact) mass is 520 g/mol. The van der Waals surface area contributed by atoms with Gasteiger partial charge in [0.15, 0.2) is 5.96 Å². The van der Waals surface area contributed by atoms with Crippen molar-refractivity contribution in [2.24, 2.45) is 12.0 Å². The molecule has 0 aliphatic rings. The molecule has 156 valence electrons. The molecule has 0 saturated carbocycles. The number of sulfonamides is 1. The summed E-state index contributed by atoms with van der Waals surface area (Å²) in [5, 5.41) is 10.6. The van der Waals surface area contributed by atoms with Crippen molar-refractivity contribution in [2.75, 3.05) is 14.1 Å². The first kappa shape index (κ1) is 24.4. The second-order valence-corrected chi connectivity index (χ2v) is 8.48. The number of aromatic nitrogens is 2. The first-order valence-electron chi connectivity index (χ1n) is 8.74. The van der Waals surface area contributed by atoms with Crippen molar-refractivity contribution >= 4 is 40.0 Å². The van der Waals surface area contributed by atoms with E-state index in [1.54, 1.807) is 37.1 Å². The van der Waals surface area contributed by atoms with Crippen LogP contribution in [0, 0.1) is 0 Å². The molecule has 1 aromatic carbocycles. The van der Waals surface area contributed by atoms with E-state index >= 15 is 0 Å². The number of hydrogen-bond acceptors (Lipinski definition) is 4. The molecule has 0 amide bonds. The number of rotatable bonds is 7. The summed E-state index contributed by atoms with van der Waals surface area (Å²) in [4.78, 5) is 4.49. The molecule has 28 heavy (non-hydrogen) atoms. The Morgan fingerprint density at radius 3 is 2.29 bits per heavy atom. The van der Waals surface area contributed by atoms with Crippen molar-refractivity contribution < 1.29 is 8.42 Å². The highest BCUT2D eigenvalue weighted by molar-refractivity contribution is 14.0. The van der Waals surface area contributed by atoms with Crippen molar-refractivity contribution in [1.29, 1.82) is 0 Å². The third-order valence-corrected chi connectivity index (χ3v) is 6.42. The third-order valence-electron chi connectivity index (χ3n) is 4.37. The maximum Gasteiger partial charge on any atom is 0.243 e. The second kappa shape index (κ2) is 10.8. The highest BCUT2D eigenvalue weighted by Gasteiger charge is 2.22. The van der Waals surface area contributed by atoms with Crippen molar-refractivity contribution in [3.63, 3.8) is 0 Å². The molecule has 0 saturated heterocycles. The molecule has 2 rings (SSSR count). The average Bonchev–Trinajstić information content (AvgIpc) is 3.06. The Bertz CT molecular complexity index is 878. The molecular formula is C18H29IN6O2S. The van der Waals surface area contributed by atoms with Crippen LogP contribution in [-0.4, -0.2) is 48.6 Å². The van der Waals surface area contributed by atoms with Crippen LogP contribution in [0.2, 0.25) is 0 Å². The summed E-state index contributed by atoms with van der Waals surface area (Å²) in [5.41, 5.74) is 2.01. The normalized spacial score (nSPS) is 12.2. The highest BCUT2D eigenvalue weighted by Crippen LogP contribution is 2.17. The van der Waals surface area contributed by atoms with Crippen molar-refractivity contribution in [1.82, 2.24) is 24.7 Å². The molecular weight excluding hydrogens is 491 g/mol. The number of nitrogens with one attached hydrogen (secondary N) is 2. The first-order valence-corrected chi connectivity index (χ1v) is 10.2. The van der Waals surface area contributed by atoms with Gasteiger partial charge in [0, 0.05) is 39.9 Å². The molecule has 10 heteroatoms. The molecule has 0 unspecified atom stereocenters. The van der Waals surface area contributed by atoms with E-state index in [9.17, 15) is 8.42 Å². The molecule has 2 aromatic rings. The Balaban J connectivity index is 0.00000392. The standard InChI is InChI=1S/C18H28N6O2S.HI/c1-14(2)24(5)27(25,26)17-8-6-15(7-9-17)12-20-18(19-3)21-13-16-10-11-22-23(16)4;/h6-11,14H,12-13H2,1-5H3,(H2,19,20,21);1H. The van der Waals surface area contributed by atoms with E-state index in [2.05, 4.69) is 20.7 Å². The van der Waals surface area contributed by atoms with Crippen LogP contribution < -0.4 is 10.6 Å². The van der Waals surface area contributed by atoms with Crippen LogP contribution in [0.1, 0.15) is 25.1 Å². The zero-order chi connectivity index (χ0) is 20.0. The maximum atomic E-state index is 12.5. The van der Waals surface area contributed by atoms with Crippen LogP contribution in [0.5, 0.6) is 0 Å². The lowest BCUT2D eigenvalue weighted by molar-refractivity contribution is 0.410. The first-order chi connectivity index (χ1) is 12.8. The lowest BCUT2D eigenvalue weighted by atomic mass is 10.2. The molecule has 0 atom stereocenters. The summed E-state index contributed by atoms with van der Waals surface area (Å²) in [7, 11) is 1.72. The van der Waals surface area contributed by atoms with E-state index in [0.717, 1.165) is 11.3 Å². The molecule has 0 spiro atoms. The molecule has 2 N–H and O–H groups in total. The van der Waals surface area contributed by atoms with Crippen LogP contribution in [0.3, 0.4) is 0 Å². The Hall–Kier alpha value is -1.66. The van der Waals surface area contributed by atoms with Gasteiger partial charge in [0.2, 0.25) is 10.0 Å². The number of guanidine groups is 1. The van der Waals surface area contributed by atoms with Gasteiger partial charge in [0.25, 0.3) is 0 Å². The summed E-state index contributed by atoms with van der Waals surface area (Å²) in [5.74, 6) is 0.660. The minimum Gasteiger partial charge on any atom is -0.352 e. The van der Waals surface area contributed by atoms with Gasteiger partial charge >= 0.3 is 0 Å². The average molecular weight is 520 g/mol. The quantitative estimate of drug-likeness (QED) is 0.331. The number of aliphatic imine (C=N–C) groups is 1. The molecule has 0 aliphatic heterocycles. The zero-order valence-corrected chi connectivity index (χ0v) is 20.0. The van der Waals surface area contributed by atoms with Gasteiger partial charge in [-0.15, -0.1) is 24.0 Å². The van der Waals surface area contributed by atoms with Gasteiger partial charge in [-0.2, -0.15) is 9.40 Å². The van der Waals surface area contributed by atoms with Gasteiger partial charge in [-0.1, -0.05) is 12.1 Å². The number of aryl methyl sites for hydroxylation is 1. The topological polar surface area (TPSA) is 91.6 Å². The van der Waals surface area contributed by atoms with Gasteiger partial charge in [-0.05, 0) is 37.6 Å². The predicted octanol–water partition coefficient (Wildman–Crippen LogP) is 1.93. The maximum absolute atomic E-state index is 12.5. The summed E-state index contributed by atoms with van der Waals surface area (Å²) in [6.45, 7) is 4.83. The van der Waals surface area contributed by atoms with E-state index in [1.165, 1.54) is 4.31 Å². The van der Waals surface area contributed by atoms with Gasteiger partial charge < -0.3 is 10.6 Å². The number of halogens is 1. The van der Waals surface area contributed by atoms with Crippen LogP contribution in [-0.2, 0) is 30.2 Å². The van der Waals surface area contributed by atoms with Gasteiger partial charge in [0.05, 0.1) is 17.1 Å². The van der Waals surface area contributed by atoms with Crippen molar-refractivity contribution in [2.45, 2.75) is 37.9 Å². The van der Waals surface area contributed by atoms with E-state index in [1.807, 2.05) is 39.1 Å². The zero-order valence-electron chi connectivity index (χ0n) is 16.9. The summed E-state index contributed by atoms with van der Waals surface area (Å²) >= 11 is 0. The molecule has 0 radical (unpaired) electrons. The van der Waals surface area contributed by atoms with Gasteiger partial charge in [-0.25, -0.2) is 8.42 Å². The van der Waals surface area contributed by atoms with E-state index in [0.29, 0.717) is 23.9 Å². The number of benzene rings is 1. The number of hydrogen-bond donors (Lipinski definition) is 2. The van der Waals surface area contributed by atoms with Crippen molar-refractivity contribution in [3.8, 4) is 0 Å². The highest BCUT2D eigenvalue weighted by atomic mass is 127. The molecule has 0 fully saturated rings. The molecule has 8 nitrogen and oxygen atoms in total.